The molecule has 1 aromatic rings. The number of hydrogen-bond donors (Lipinski definition) is 1. The van der Waals surface area contributed by atoms with E-state index in [0.717, 1.165) is 19.3 Å². The second-order valence-electron chi connectivity index (χ2n) is 5.16. The van der Waals surface area contributed by atoms with Crippen LogP contribution in [0.25, 0.3) is 0 Å². The third-order valence-corrected chi connectivity index (χ3v) is 3.11. The number of pyridine rings is 1. The van der Waals surface area contributed by atoms with Crippen LogP contribution in [0.1, 0.15) is 43.5 Å². The van der Waals surface area contributed by atoms with Crippen LogP contribution in [0, 0.1) is 5.92 Å². The Balaban J connectivity index is 2.61. The van der Waals surface area contributed by atoms with Crippen molar-refractivity contribution in [2.24, 2.45) is 5.92 Å². The van der Waals surface area contributed by atoms with Crippen LogP contribution in [0.3, 0.4) is 0 Å². The average Bonchev–Trinajstić information content (AvgIpc) is 2.44. The molecule has 0 aliphatic heterocycles. The van der Waals surface area contributed by atoms with Crippen LogP contribution in [-0.2, 0) is 4.79 Å². The summed E-state index contributed by atoms with van der Waals surface area (Å²) in [6.07, 6.45) is 4.48. The molecule has 1 aromatic heterocycles. The van der Waals surface area contributed by atoms with E-state index < -0.39 is 0 Å². The molecular formula is C15H23N3O2. The number of hydrogen-bond acceptors (Lipinski definition) is 3. The molecule has 0 fully saturated rings. The lowest BCUT2D eigenvalue weighted by Gasteiger charge is -2.12. The molecule has 5 heteroatoms. The highest BCUT2D eigenvalue weighted by Gasteiger charge is 2.13. The molecule has 0 unspecified atom stereocenters. The molecule has 110 valence electrons. The molecular weight excluding hydrogens is 254 g/mol. The minimum atomic E-state index is -0.105. The molecule has 1 heterocycles. The molecule has 20 heavy (non-hydrogen) atoms. The van der Waals surface area contributed by atoms with Gasteiger partial charge in [0.15, 0.2) is 0 Å². The van der Waals surface area contributed by atoms with Gasteiger partial charge in [0.05, 0.1) is 5.56 Å². The summed E-state index contributed by atoms with van der Waals surface area (Å²) in [5.41, 5.74) is 0.507. The molecule has 0 aliphatic rings. The lowest BCUT2D eigenvalue weighted by Crippen LogP contribution is -2.23. The van der Waals surface area contributed by atoms with Crippen molar-refractivity contribution in [2.45, 2.75) is 33.1 Å². The van der Waals surface area contributed by atoms with E-state index in [1.54, 1.807) is 26.2 Å². The van der Waals surface area contributed by atoms with Crippen LogP contribution in [0.15, 0.2) is 18.3 Å². The zero-order chi connectivity index (χ0) is 15.1. The number of rotatable bonds is 6. The van der Waals surface area contributed by atoms with Crippen LogP contribution in [0.4, 0.5) is 5.82 Å². The Kier molecular flexibility index (Phi) is 6.15. The molecule has 0 bridgehead atoms. The van der Waals surface area contributed by atoms with Crippen LogP contribution in [0.5, 0.6) is 0 Å². The van der Waals surface area contributed by atoms with E-state index in [2.05, 4.69) is 17.2 Å². The fraction of sp³-hybridized carbons (Fsp3) is 0.533. The molecule has 1 N–H and O–H groups in total. The van der Waals surface area contributed by atoms with Gasteiger partial charge in [0.1, 0.15) is 5.82 Å². The van der Waals surface area contributed by atoms with Gasteiger partial charge >= 0.3 is 0 Å². The van der Waals surface area contributed by atoms with Gasteiger partial charge in [-0.05, 0) is 18.6 Å². The maximum absolute atomic E-state index is 11.9. The van der Waals surface area contributed by atoms with Crippen LogP contribution in [-0.4, -0.2) is 35.8 Å². The van der Waals surface area contributed by atoms with Crippen LogP contribution in [0.2, 0.25) is 0 Å². The maximum Gasteiger partial charge on any atom is 0.254 e. The summed E-state index contributed by atoms with van der Waals surface area (Å²) in [7, 11) is 3.38. The fourth-order valence-corrected chi connectivity index (χ4v) is 1.74. The first-order valence-corrected chi connectivity index (χ1v) is 6.94. The molecule has 5 nitrogen and oxygen atoms in total. The monoisotopic (exact) mass is 277 g/mol. The number of unbranched alkanes of at least 4 members (excludes halogenated alkanes) is 1. The zero-order valence-corrected chi connectivity index (χ0v) is 12.6. The smallest absolute Gasteiger partial charge is 0.254 e. The molecule has 1 rings (SSSR count). The largest absolute Gasteiger partial charge is 0.345 e. The first kappa shape index (κ1) is 16.1. The molecule has 0 saturated carbocycles. The summed E-state index contributed by atoms with van der Waals surface area (Å²) in [6.45, 7) is 4.02. The summed E-state index contributed by atoms with van der Waals surface area (Å²) < 4.78 is 0. The van der Waals surface area contributed by atoms with Crippen molar-refractivity contribution in [1.29, 1.82) is 0 Å². The Labute approximate surface area is 120 Å². The quantitative estimate of drug-likeness (QED) is 0.869. The predicted octanol–water partition coefficient (Wildman–Crippen LogP) is 2.55. The summed E-state index contributed by atoms with van der Waals surface area (Å²) in [5.74, 6) is 0.317. The number of anilines is 1. The summed E-state index contributed by atoms with van der Waals surface area (Å²) in [5, 5.41) is 2.77. The van der Waals surface area contributed by atoms with Gasteiger partial charge in [0.2, 0.25) is 5.91 Å². The highest BCUT2D eigenvalue weighted by Crippen LogP contribution is 2.12. The van der Waals surface area contributed by atoms with E-state index in [0.29, 0.717) is 11.4 Å². The zero-order valence-electron chi connectivity index (χ0n) is 12.6. The van der Waals surface area contributed by atoms with E-state index in [-0.39, 0.29) is 17.7 Å². The third-order valence-electron chi connectivity index (χ3n) is 3.11. The number of nitrogens with one attached hydrogen (secondary N) is 1. The van der Waals surface area contributed by atoms with Gasteiger partial charge in [-0.15, -0.1) is 0 Å². The van der Waals surface area contributed by atoms with Gasteiger partial charge in [-0.3, -0.25) is 9.59 Å². The van der Waals surface area contributed by atoms with Crippen molar-refractivity contribution < 1.29 is 9.59 Å². The van der Waals surface area contributed by atoms with E-state index in [4.69, 9.17) is 0 Å². The van der Waals surface area contributed by atoms with Crippen LogP contribution < -0.4 is 5.32 Å². The van der Waals surface area contributed by atoms with Gasteiger partial charge in [0.25, 0.3) is 5.91 Å². The predicted molar refractivity (Wildman–Crippen MR) is 79.6 cm³/mol. The second-order valence-corrected chi connectivity index (χ2v) is 5.16. The first-order chi connectivity index (χ1) is 9.45. The van der Waals surface area contributed by atoms with Crippen molar-refractivity contribution >= 4 is 17.6 Å². The summed E-state index contributed by atoms with van der Waals surface area (Å²) in [4.78, 5) is 29.2. The van der Waals surface area contributed by atoms with Crippen molar-refractivity contribution in [1.82, 2.24) is 9.88 Å². The van der Waals surface area contributed by atoms with Gasteiger partial charge in [-0.1, -0.05) is 26.7 Å². The van der Waals surface area contributed by atoms with Gasteiger partial charge in [-0.25, -0.2) is 4.98 Å². The summed E-state index contributed by atoms with van der Waals surface area (Å²) in [6, 6.07) is 3.32. The molecule has 2 amide bonds. The summed E-state index contributed by atoms with van der Waals surface area (Å²) >= 11 is 0. The standard InChI is InChI=1S/C15H23N3O2/c1-5-6-7-11(2)14(19)17-13-9-8-12(10-16-13)15(20)18(3)4/h8-11H,5-7H2,1-4H3,(H,16,17,19)/t11-/m1/s1. The Bertz CT molecular complexity index is 455. The highest BCUT2D eigenvalue weighted by atomic mass is 16.2. The van der Waals surface area contributed by atoms with E-state index in [1.807, 2.05) is 6.92 Å². The van der Waals surface area contributed by atoms with Crippen molar-refractivity contribution in [2.75, 3.05) is 19.4 Å². The molecule has 0 radical (unpaired) electrons. The lowest BCUT2D eigenvalue weighted by molar-refractivity contribution is -0.119. The minimum Gasteiger partial charge on any atom is -0.345 e. The highest BCUT2D eigenvalue weighted by molar-refractivity contribution is 5.94. The molecule has 1 atom stereocenters. The van der Waals surface area contributed by atoms with E-state index >= 15 is 0 Å². The van der Waals surface area contributed by atoms with Gasteiger partial charge in [-0.2, -0.15) is 0 Å². The van der Waals surface area contributed by atoms with Gasteiger partial charge < -0.3 is 10.2 Å². The van der Waals surface area contributed by atoms with Crippen LogP contribution >= 0.6 is 0 Å². The van der Waals surface area contributed by atoms with Crippen molar-refractivity contribution in [3.8, 4) is 0 Å². The van der Waals surface area contributed by atoms with Crippen molar-refractivity contribution in [3.05, 3.63) is 23.9 Å². The number of carbonyl (C=O) groups excluding carboxylic acids is 2. The van der Waals surface area contributed by atoms with E-state index in [9.17, 15) is 9.59 Å². The van der Waals surface area contributed by atoms with Crippen molar-refractivity contribution in [3.63, 3.8) is 0 Å². The molecule has 0 aromatic carbocycles. The number of amides is 2. The third kappa shape index (κ3) is 4.64. The lowest BCUT2D eigenvalue weighted by atomic mass is 10.0. The second kappa shape index (κ2) is 7.62. The average molecular weight is 277 g/mol. The fourth-order valence-electron chi connectivity index (χ4n) is 1.74. The Morgan fingerprint density at radius 1 is 1.35 bits per heavy atom. The molecule has 0 saturated heterocycles. The first-order valence-electron chi connectivity index (χ1n) is 6.94. The Morgan fingerprint density at radius 3 is 2.55 bits per heavy atom. The number of aromatic nitrogens is 1. The number of nitrogens with zero attached hydrogens (tertiary/aromatic N) is 2. The topological polar surface area (TPSA) is 62.3 Å². The van der Waals surface area contributed by atoms with Gasteiger partial charge in [0, 0.05) is 26.2 Å². The van der Waals surface area contributed by atoms with E-state index in [1.165, 1.54) is 11.1 Å². The molecule has 0 aliphatic carbocycles. The Hall–Kier alpha value is -1.91. The minimum absolute atomic E-state index is 0.0279. The molecule has 0 spiro atoms. The SMILES string of the molecule is CCCC[C@@H](C)C(=O)Nc1ccc(C(=O)N(C)C)cn1. The Morgan fingerprint density at radius 2 is 2.05 bits per heavy atom. The number of carbonyl (C=O) groups is 2. The maximum atomic E-state index is 11.9. The normalized spacial score (nSPS) is 11.8.